The van der Waals surface area contributed by atoms with Gasteiger partial charge in [0.25, 0.3) is 0 Å². The van der Waals surface area contributed by atoms with Gasteiger partial charge < -0.3 is 19.1 Å². The molecule has 4 rings (SSSR count). The Bertz CT molecular complexity index is 1180. The van der Waals surface area contributed by atoms with Crippen LogP contribution < -0.4 is 5.32 Å². The van der Waals surface area contributed by atoms with Crippen molar-refractivity contribution in [2.24, 2.45) is 0 Å². The quantitative estimate of drug-likeness (QED) is 0.457. The Hall–Kier alpha value is -2.97. The lowest BCUT2D eigenvalue weighted by atomic mass is 10.0. The summed E-state index contributed by atoms with van der Waals surface area (Å²) in [7, 11) is 0. The molecule has 2 N–H and O–H groups in total. The van der Waals surface area contributed by atoms with Gasteiger partial charge in [-0.1, -0.05) is 30.7 Å². The van der Waals surface area contributed by atoms with Crippen LogP contribution in [0.2, 0.25) is 0 Å². The average Bonchev–Trinajstić information content (AvgIpc) is 3.11. The highest BCUT2D eigenvalue weighted by molar-refractivity contribution is 6.09. The van der Waals surface area contributed by atoms with Gasteiger partial charge in [0.05, 0.1) is 23.2 Å². The highest BCUT2D eigenvalue weighted by Crippen LogP contribution is 2.31. The summed E-state index contributed by atoms with van der Waals surface area (Å²) in [6, 6.07) is 7.71. The number of hydrogen-bond donors (Lipinski definition) is 2. The lowest BCUT2D eigenvalue weighted by molar-refractivity contribution is 0.0582. The number of ether oxygens (including phenoxy) is 2. The molecule has 0 radical (unpaired) electrons. The molecule has 34 heavy (non-hydrogen) atoms. The van der Waals surface area contributed by atoms with Gasteiger partial charge in [-0.05, 0) is 58.6 Å². The maximum atomic E-state index is 12.8. The van der Waals surface area contributed by atoms with Crippen LogP contribution in [-0.4, -0.2) is 44.0 Å². The Balaban J connectivity index is 1.75. The normalized spacial score (nSPS) is 17.9. The third-order valence-electron chi connectivity index (χ3n) is 5.83. The molecule has 0 saturated heterocycles. The van der Waals surface area contributed by atoms with E-state index in [1.807, 2.05) is 41.8 Å². The molecule has 1 aromatic carbocycles. The van der Waals surface area contributed by atoms with Gasteiger partial charge in [-0.2, -0.15) is 0 Å². The third kappa shape index (κ3) is 5.74. The van der Waals surface area contributed by atoms with Crippen LogP contribution in [0.25, 0.3) is 21.9 Å². The summed E-state index contributed by atoms with van der Waals surface area (Å²) in [5, 5.41) is 14.3. The second kappa shape index (κ2) is 10.5. The number of para-hydroxylation sites is 1. The van der Waals surface area contributed by atoms with E-state index in [0.717, 1.165) is 42.1 Å². The third-order valence-corrected chi connectivity index (χ3v) is 5.83. The van der Waals surface area contributed by atoms with Crippen LogP contribution in [0.1, 0.15) is 58.7 Å². The van der Waals surface area contributed by atoms with Gasteiger partial charge in [-0.15, -0.1) is 0 Å². The van der Waals surface area contributed by atoms with Crippen LogP contribution in [0.15, 0.2) is 36.4 Å². The maximum absolute atomic E-state index is 12.8. The highest BCUT2D eigenvalue weighted by Gasteiger charge is 2.24. The van der Waals surface area contributed by atoms with E-state index in [2.05, 4.69) is 11.4 Å². The summed E-state index contributed by atoms with van der Waals surface area (Å²) >= 11 is 0. The zero-order valence-electron chi connectivity index (χ0n) is 20.2. The Morgan fingerprint density at radius 1 is 1.24 bits per heavy atom. The van der Waals surface area contributed by atoms with Gasteiger partial charge in [0.15, 0.2) is 5.82 Å². The van der Waals surface area contributed by atoms with Crippen molar-refractivity contribution < 1.29 is 19.4 Å². The Labute approximate surface area is 200 Å². The van der Waals surface area contributed by atoms with Gasteiger partial charge >= 0.3 is 6.09 Å². The molecule has 1 atom stereocenters. The molecule has 8 heteroatoms. The first-order chi connectivity index (χ1) is 16.4. The summed E-state index contributed by atoms with van der Waals surface area (Å²) in [5.41, 5.74) is 1.08. The standard InChI is InChI=1S/C26H34N4O4/c1-4-33-16-21-28-22-23(30(21)17-26(2,3)32)19-14-10-11-15-20(19)27-24(22)29-25(31)34-18-12-8-6-5-7-9-13-18/h8,10-12,14-15,18,32H,4-7,9,13,16-17H2,1-3H3,(H,27,29,31)/b12-8+. The molecule has 8 nitrogen and oxygen atoms in total. The first-order valence-electron chi connectivity index (χ1n) is 12.1. The van der Waals surface area contributed by atoms with Crippen molar-refractivity contribution in [2.45, 2.75) is 77.7 Å². The average molecular weight is 467 g/mol. The van der Waals surface area contributed by atoms with Crippen molar-refractivity contribution in [1.82, 2.24) is 14.5 Å². The Kier molecular flexibility index (Phi) is 7.48. The number of imidazole rings is 1. The second-order valence-electron chi connectivity index (χ2n) is 9.37. The summed E-state index contributed by atoms with van der Waals surface area (Å²) in [6.45, 7) is 6.57. The number of pyridine rings is 1. The van der Waals surface area contributed by atoms with Crippen LogP contribution in [0, 0.1) is 0 Å². The van der Waals surface area contributed by atoms with E-state index in [0.29, 0.717) is 30.3 Å². The van der Waals surface area contributed by atoms with Crippen LogP contribution in [-0.2, 0) is 22.6 Å². The summed E-state index contributed by atoms with van der Waals surface area (Å²) in [6.07, 6.45) is 8.41. The predicted octanol–water partition coefficient (Wildman–Crippen LogP) is 5.33. The smallest absolute Gasteiger partial charge is 0.413 e. The van der Waals surface area contributed by atoms with Crippen molar-refractivity contribution in [2.75, 3.05) is 11.9 Å². The molecular weight excluding hydrogens is 432 g/mol. The van der Waals surface area contributed by atoms with Crippen LogP contribution in [0.4, 0.5) is 10.6 Å². The molecule has 1 amide bonds. The topological polar surface area (TPSA) is 98.5 Å². The fourth-order valence-corrected chi connectivity index (χ4v) is 4.32. The number of amides is 1. The fourth-order valence-electron chi connectivity index (χ4n) is 4.32. The minimum atomic E-state index is -0.976. The molecule has 2 aromatic heterocycles. The molecule has 182 valence electrons. The molecule has 1 aliphatic carbocycles. The molecule has 1 unspecified atom stereocenters. The van der Waals surface area contributed by atoms with Crippen molar-refractivity contribution in [1.29, 1.82) is 0 Å². The number of aliphatic hydroxyl groups is 1. The lowest BCUT2D eigenvalue weighted by Gasteiger charge is -2.21. The molecule has 1 aliphatic rings. The number of fused-ring (bicyclic) bond motifs is 3. The number of hydrogen-bond acceptors (Lipinski definition) is 6. The lowest BCUT2D eigenvalue weighted by Crippen LogP contribution is -2.27. The molecular formula is C26H34N4O4. The van der Waals surface area contributed by atoms with E-state index in [-0.39, 0.29) is 12.7 Å². The van der Waals surface area contributed by atoms with Crippen LogP contribution >= 0.6 is 0 Å². The molecule has 0 aliphatic heterocycles. The van der Waals surface area contributed by atoms with Gasteiger partial charge in [-0.3, -0.25) is 5.32 Å². The number of nitrogens with one attached hydrogen (secondary N) is 1. The Morgan fingerprint density at radius 2 is 2.06 bits per heavy atom. The Morgan fingerprint density at radius 3 is 2.85 bits per heavy atom. The van der Waals surface area contributed by atoms with Crippen LogP contribution in [0.5, 0.6) is 0 Å². The molecule has 0 bridgehead atoms. The summed E-state index contributed by atoms with van der Waals surface area (Å²) < 4.78 is 13.3. The number of nitrogens with zero attached hydrogens (tertiary/aromatic N) is 3. The minimum absolute atomic E-state index is 0.252. The maximum Gasteiger partial charge on any atom is 0.413 e. The predicted molar refractivity (Wildman–Crippen MR) is 133 cm³/mol. The van der Waals surface area contributed by atoms with Crippen molar-refractivity contribution >= 4 is 33.8 Å². The highest BCUT2D eigenvalue weighted by atomic mass is 16.6. The van der Waals surface area contributed by atoms with E-state index in [1.165, 1.54) is 6.42 Å². The van der Waals surface area contributed by atoms with E-state index >= 15 is 0 Å². The van der Waals surface area contributed by atoms with Gasteiger partial charge in [0.1, 0.15) is 24.1 Å². The molecule has 2 heterocycles. The van der Waals surface area contributed by atoms with Gasteiger partial charge in [-0.25, -0.2) is 14.8 Å². The van der Waals surface area contributed by atoms with Crippen molar-refractivity contribution in [3.05, 3.63) is 42.2 Å². The number of benzene rings is 1. The molecule has 3 aromatic rings. The van der Waals surface area contributed by atoms with E-state index in [1.54, 1.807) is 13.8 Å². The van der Waals surface area contributed by atoms with Crippen LogP contribution in [0.3, 0.4) is 0 Å². The fraction of sp³-hybridized carbons (Fsp3) is 0.500. The summed E-state index contributed by atoms with van der Waals surface area (Å²) in [4.78, 5) is 22.3. The second-order valence-corrected chi connectivity index (χ2v) is 9.37. The first-order valence-corrected chi connectivity index (χ1v) is 12.1. The molecule has 0 fully saturated rings. The number of allylic oxidation sites excluding steroid dienone is 1. The summed E-state index contributed by atoms with van der Waals surface area (Å²) in [5.74, 6) is 0.997. The zero-order chi connectivity index (χ0) is 24.1. The van der Waals surface area contributed by atoms with Gasteiger partial charge in [0.2, 0.25) is 0 Å². The minimum Gasteiger partial charge on any atom is -0.442 e. The first kappa shape index (κ1) is 24.2. The van der Waals surface area contributed by atoms with Crippen molar-refractivity contribution in [3.63, 3.8) is 0 Å². The van der Waals surface area contributed by atoms with Crippen molar-refractivity contribution in [3.8, 4) is 0 Å². The van der Waals surface area contributed by atoms with E-state index < -0.39 is 11.7 Å². The number of rotatable bonds is 7. The number of anilines is 1. The monoisotopic (exact) mass is 466 g/mol. The number of aromatic nitrogens is 3. The van der Waals surface area contributed by atoms with E-state index in [4.69, 9.17) is 19.4 Å². The number of carbonyl (C=O) groups is 1. The SMILES string of the molecule is CCOCc1nc2c(NC(=O)OC3/C=C/CCCCC3)nc3ccccc3c2n1CC(C)(C)O. The largest absolute Gasteiger partial charge is 0.442 e. The zero-order valence-corrected chi connectivity index (χ0v) is 20.2. The number of carbonyl (C=O) groups excluding carboxylic acids is 1. The molecule has 0 spiro atoms. The molecule has 0 saturated carbocycles. The van der Waals surface area contributed by atoms with Gasteiger partial charge in [0, 0.05) is 12.0 Å². The van der Waals surface area contributed by atoms with E-state index in [9.17, 15) is 9.90 Å².